The molecule has 19 heavy (non-hydrogen) atoms. The van der Waals surface area contributed by atoms with E-state index in [1.54, 1.807) is 6.92 Å². The molecule has 110 valence electrons. The fourth-order valence-electron chi connectivity index (χ4n) is 1.98. The van der Waals surface area contributed by atoms with Crippen molar-refractivity contribution in [1.82, 2.24) is 0 Å². The van der Waals surface area contributed by atoms with Crippen LogP contribution in [0.25, 0.3) is 0 Å². The largest absolute Gasteiger partial charge is 0.468 e. The first-order chi connectivity index (χ1) is 8.77. The van der Waals surface area contributed by atoms with Crippen molar-refractivity contribution in [2.75, 3.05) is 7.11 Å². The van der Waals surface area contributed by atoms with Gasteiger partial charge in [0, 0.05) is 6.42 Å². The van der Waals surface area contributed by atoms with Crippen LogP contribution in [-0.4, -0.2) is 18.9 Å². The number of hydrogen-bond acceptors (Lipinski definition) is 3. The van der Waals surface area contributed by atoms with Gasteiger partial charge in [-0.2, -0.15) is 0 Å². The third-order valence-corrected chi connectivity index (χ3v) is 3.70. The van der Waals surface area contributed by atoms with Crippen molar-refractivity contribution in [1.29, 1.82) is 0 Å². The third kappa shape index (κ3) is 5.58. The van der Waals surface area contributed by atoms with Gasteiger partial charge in [0.25, 0.3) is 0 Å². The second-order valence-electron chi connectivity index (χ2n) is 5.77. The topological polar surface area (TPSA) is 43.4 Å². The molecule has 0 bridgehead atoms. The number of ether oxygens (including phenoxy) is 1. The molecule has 2 atom stereocenters. The molecule has 0 aromatic carbocycles. The number of rotatable bonds is 8. The zero-order valence-corrected chi connectivity index (χ0v) is 13.2. The molecule has 0 saturated carbocycles. The summed E-state index contributed by atoms with van der Waals surface area (Å²) in [6.45, 7) is 9.74. The summed E-state index contributed by atoms with van der Waals surface area (Å²) in [7, 11) is 1.34. The van der Waals surface area contributed by atoms with Gasteiger partial charge >= 0.3 is 5.97 Å². The standard InChI is InChI=1S/C16H28O3/c1-7-16(5,15(18)19-6)14(17)11-13(4)10-8-9-12(2)3/h9,13H,7-8,10-11H2,1-6H3/t13-,16-/m1/s1. The fourth-order valence-corrected chi connectivity index (χ4v) is 1.98. The van der Waals surface area contributed by atoms with Crippen molar-refractivity contribution < 1.29 is 14.3 Å². The summed E-state index contributed by atoms with van der Waals surface area (Å²) in [4.78, 5) is 24.0. The Morgan fingerprint density at radius 3 is 2.32 bits per heavy atom. The third-order valence-electron chi connectivity index (χ3n) is 3.70. The van der Waals surface area contributed by atoms with Crippen LogP contribution in [0.1, 0.15) is 60.3 Å². The maximum Gasteiger partial charge on any atom is 0.319 e. The number of carbonyl (C=O) groups excluding carboxylic acids is 2. The summed E-state index contributed by atoms with van der Waals surface area (Å²) < 4.78 is 4.75. The lowest BCUT2D eigenvalue weighted by Crippen LogP contribution is -2.37. The van der Waals surface area contributed by atoms with Crippen LogP contribution in [0.5, 0.6) is 0 Å². The van der Waals surface area contributed by atoms with Gasteiger partial charge in [0.1, 0.15) is 11.2 Å². The van der Waals surface area contributed by atoms with Crippen molar-refractivity contribution in [2.24, 2.45) is 11.3 Å². The van der Waals surface area contributed by atoms with Gasteiger partial charge in [-0.05, 0) is 46.0 Å². The van der Waals surface area contributed by atoms with E-state index in [0.717, 1.165) is 12.8 Å². The number of methoxy groups -OCH3 is 1. The Morgan fingerprint density at radius 2 is 1.89 bits per heavy atom. The molecule has 0 amide bonds. The van der Waals surface area contributed by atoms with Crippen LogP contribution >= 0.6 is 0 Å². The first-order valence-electron chi connectivity index (χ1n) is 7.03. The molecule has 0 radical (unpaired) electrons. The lowest BCUT2D eigenvalue weighted by Gasteiger charge is -2.25. The van der Waals surface area contributed by atoms with E-state index in [1.165, 1.54) is 12.7 Å². The van der Waals surface area contributed by atoms with Gasteiger partial charge in [-0.1, -0.05) is 25.5 Å². The van der Waals surface area contributed by atoms with Gasteiger partial charge in [0.2, 0.25) is 0 Å². The molecule has 3 nitrogen and oxygen atoms in total. The van der Waals surface area contributed by atoms with Gasteiger partial charge in [-0.3, -0.25) is 9.59 Å². The molecule has 3 heteroatoms. The first-order valence-corrected chi connectivity index (χ1v) is 7.03. The van der Waals surface area contributed by atoms with Crippen molar-refractivity contribution in [3.63, 3.8) is 0 Å². The minimum absolute atomic E-state index is 0.00782. The predicted molar refractivity (Wildman–Crippen MR) is 77.9 cm³/mol. The molecule has 0 fully saturated rings. The maximum absolute atomic E-state index is 12.3. The zero-order valence-electron chi connectivity index (χ0n) is 13.2. The highest BCUT2D eigenvalue weighted by Crippen LogP contribution is 2.28. The monoisotopic (exact) mass is 268 g/mol. The lowest BCUT2D eigenvalue weighted by atomic mass is 9.79. The van der Waals surface area contributed by atoms with Crippen LogP contribution in [-0.2, 0) is 14.3 Å². The summed E-state index contributed by atoms with van der Waals surface area (Å²) in [6.07, 6.45) is 5.06. The van der Waals surface area contributed by atoms with Gasteiger partial charge in [-0.25, -0.2) is 0 Å². The molecule has 0 aromatic rings. The Balaban J connectivity index is 4.49. The Kier molecular flexibility index (Phi) is 7.65. The molecule has 0 spiro atoms. The first kappa shape index (κ1) is 17.9. The number of carbonyl (C=O) groups is 2. The lowest BCUT2D eigenvalue weighted by molar-refractivity contribution is -0.157. The molecule has 0 aliphatic carbocycles. The highest BCUT2D eigenvalue weighted by Gasteiger charge is 2.40. The van der Waals surface area contributed by atoms with Gasteiger partial charge in [0.15, 0.2) is 0 Å². The van der Waals surface area contributed by atoms with Crippen molar-refractivity contribution in [3.05, 3.63) is 11.6 Å². The summed E-state index contributed by atoms with van der Waals surface area (Å²) in [5.41, 5.74) is 0.311. The summed E-state index contributed by atoms with van der Waals surface area (Å²) in [6, 6.07) is 0. The van der Waals surface area contributed by atoms with E-state index in [9.17, 15) is 9.59 Å². The van der Waals surface area contributed by atoms with Crippen LogP contribution in [0.2, 0.25) is 0 Å². The van der Waals surface area contributed by atoms with Crippen LogP contribution in [0.15, 0.2) is 11.6 Å². The number of Topliss-reactive ketones (excluding diaryl/α,β-unsaturated/α-hetero) is 1. The van der Waals surface area contributed by atoms with Crippen LogP contribution in [0, 0.1) is 11.3 Å². The summed E-state index contributed by atoms with van der Waals surface area (Å²) in [5, 5.41) is 0. The maximum atomic E-state index is 12.3. The molecule has 0 heterocycles. The van der Waals surface area contributed by atoms with E-state index < -0.39 is 11.4 Å². The summed E-state index contributed by atoms with van der Waals surface area (Å²) >= 11 is 0. The highest BCUT2D eigenvalue weighted by atomic mass is 16.5. The molecule has 0 N–H and O–H groups in total. The number of esters is 1. The van der Waals surface area contributed by atoms with Gasteiger partial charge in [-0.15, -0.1) is 0 Å². The molecular formula is C16H28O3. The predicted octanol–water partition coefficient (Wildman–Crippen LogP) is 3.92. The minimum Gasteiger partial charge on any atom is -0.468 e. The molecule has 0 saturated heterocycles. The average Bonchev–Trinajstić information content (AvgIpc) is 2.35. The average molecular weight is 268 g/mol. The van der Waals surface area contributed by atoms with Crippen molar-refractivity contribution in [2.45, 2.75) is 60.3 Å². The van der Waals surface area contributed by atoms with E-state index in [2.05, 4.69) is 26.8 Å². The molecule has 0 aliphatic heterocycles. The molecule has 0 rings (SSSR count). The second-order valence-corrected chi connectivity index (χ2v) is 5.77. The fraction of sp³-hybridized carbons (Fsp3) is 0.750. The number of ketones is 1. The Labute approximate surface area is 117 Å². The quantitative estimate of drug-likeness (QED) is 0.381. The molecule has 0 aromatic heterocycles. The minimum atomic E-state index is -0.987. The van der Waals surface area contributed by atoms with Crippen molar-refractivity contribution >= 4 is 11.8 Å². The van der Waals surface area contributed by atoms with E-state index >= 15 is 0 Å². The Bertz CT molecular complexity index is 340. The van der Waals surface area contributed by atoms with Crippen LogP contribution in [0.3, 0.4) is 0 Å². The van der Waals surface area contributed by atoms with Crippen molar-refractivity contribution in [3.8, 4) is 0 Å². The normalized spacial score (nSPS) is 15.3. The smallest absolute Gasteiger partial charge is 0.319 e. The van der Waals surface area contributed by atoms with E-state index in [4.69, 9.17) is 4.74 Å². The Morgan fingerprint density at radius 1 is 1.32 bits per heavy atom. The van der Waals surface area contributed by atoms with Gasteiger partial charge < -0.3 is 4.74 Å². The van der Waals surface area contributed by atoms with Gasteiger partial charge in [0.05, 0.1) is 7.11 Å². The SMILES string of the molecule is CC[C@](C)(C(=O)C[C@H](C)CCC=C(C)C)C(=O)OC. The van der Waals surface area contributed by atoms with Crippen LogP contribution < -0.4 is 0 Å². The molecular weight excluding hydrogens is 240 g/mol. The zero-order chi connectivity index (χ0) is 15.1. The van der Waals surface area contributed by atoms with E-state index in [1.807, 2.05) is 6.92 Å². The number of hydrogen-bond donors (Lipinski definition) is 0. The molecule has 0 unspecified atom stereocenters. The molecule has 0 aliphatic rings. The van der Waals surface area contributed by atoms with Crippen LogP contribution in [0.4, 0.5) is 0 Å². The Hall–Kier alpha value is -1.12. The highest BCUT2D eigenvalue weighted by molar-refractivity contribution is 6.03. The second kappa shape index (κ2) is 8.13. The van der Waals surface area contributed by atoms with E-state index in [0.29, 0.717) is 18.8 Å². The summed E-state index contributed by atoms with van der Waals surface area (Å²) in [5.74, 6) is -0.137. The van der Waals surface area contributed by atoms with E-state index in [-0.39, 0.29) is 5.78 Å². The number of allylic oxidation sites excluding steroid dienone is 2.